The molecule has 10 aromatic rings. The lowest BCUT2D eigenvalue weighted by Crippen LogP contribution is -2.34. The third-order valence-corrected chi connectivity index (χ3v) is 25.0. The second-order valence-corrected chi connectivity index (χ2v) is 32.3. The Bertz CT molecular complexity index is 5460. The van der Waals surface area contributed by atoms with Crippen molar-refractivity contribution in [2.45, 2.75) is 88.4 Å². The lowest BCUT2D eigenvalue weighted by molar-refractivity contribution is 0.0634. The van der Waals surface area contributed by atoms with Gasteiger partial charge in [0.2, 0.25) is 11.5 Å². The highest BCUT2D eigenvalue weighted by Gasteiger charge is 2.40. The van der Waals surface area contributed by atoms with Gasteiger partial charge in [-0.25, -0.2) is 0 Å². The number of pyridine rings is 1. The molecule has 0 saturated carbocycles. The Morgan fingerprint density at radius 1 is 0.412 bits per heavy atom. The largest absolute Gasteiger partial charge is 0.504 e. The van der Waals surface area contributed by atoms with Crippen LogP contribution in [0.2, 0.25) is 0 Å². The van der Waals surface area contributed by atoms with Gasteiger partial charge in [0.05, 0.1) is 71.5 Å². The minimum Gasteiger partial charge on any atom is -0.504 e. The fourth-order valence-corrected chi connectivity index (χ4v) is 18.1. The number of phenols is 1. The second-order valence-electron chi connectivity index (χ2n) is 31.2. The van der Waals surface area contributed by atoms with Crippen LogP contribution in [0.1, 0.15) is 145 Å². The molecule has 11 heterocycles. The Labute approximate surface area is 707 Å². The number of hydrogen-bond donors (Lipinski definition) is 1. The topological polar surface area (TPSA) is 222 Å². The quantitative estimate of drug-likeness (QED) is 0.0462. The fraction of sp³-hybridized carbons (Fsp3) is 0.337. The standard InChI is InChI=1S/C47H48N4O8.C37H40N2O6.C11H10INO2/c1-49-18-14-30-24-39(54-3)41-26-34(30)36(49)21-28-7-10-32(11-8-28)58-40-23-29(22-37-43-31(15-19-50(37)2)25-42(55-4)44(56-5)45(43)59-41)9-12-38(40)57-20-6-17-51-46(52)33-13-16-48-27-35(33)47(51)53;1-38-14-12-24-19-32(41-3)33-21-27(24)28(38)16-22-6-9-26(10-7-22)44-31-18-23(8-11-30(31)40)17-29-35-25(13-15-39(29)2)20-34(42-4)36(43-5)37(35)45-33;12-6-3-7-13-10(14)8-4-1-2-5-9(8)11(13)15/h7-13,16,23-27,36-37H,6,14-15,17-22H2,1-5H3;6-11,18-21,28-29,40H,12-17H2,1-5H3;1-2,4-5H,3,6-7H2/t36-,37+;28-,29+;/m00./s1. The van der Waals surface area contributed by atoms with E-state index >= 15 is 0 Å². The van der Waals surface area contributed by atoms with Gasteiger partial charge >= 0.3 is 0 Å². The molecule has 10 aliphatic rings. The number of rotatable bonds is 14. The lowest BCUT2D eigenvalue weighted by atomic mass is 9.87. The van der Waals surface area contributed by atoms with E-state index in [-0.39, 0.29) is 66.7 Å². The number of alkyl halides is 1. The number of halogens is 1. The number of fused-ring (bicyclic) bond motifs is 6. The zero-order valence-corrected chi connectivity index (χ0v) is 70.9. The molecule has 616 valence electrons. The van der Waals surface area contributed by atoms with Gasteiger partial charge < -0.3 is 57.2 Å². The van der Waals surface area contributed by atoms with Crippen LogP contribution in [0.3, 0.4) is 0 Å². The summed E-state index contributed by atoms with van der Waals surface area (Å²) >= 11 is 2.24. The average molecular weight is 1720 g/mol. The van der Waals surface area contributed by atoms with Gasteiger partial charge in [0.25, 0.3) is 23.6 Å². The van der Waals surface area contributed by atoms with E-state index in [4.69, 9.17) is 52.1 Å². The van der Waals surface area contributed by atoms with E-state index in [1.165, 1.54) is 55.6 Å². The number of aromatic hydroxyl groups is 1. The highest BCUT2D eigenvalue weighted by Crippen LogP contribution is 2.55. The molecule has 0 spiro atoms. The minimum absolute atomic E-state index is 0.0402. The first-order valence-electron chi connectivity index (χ1n) is 40.4. The summed E-state index contributed by atoms with van der Waals surface area (Å²) in [6.45, 7) is 4.59. The molecule has 4 amide bonds. The monoisotopic (exact) mass is 1720 g/mol. The van der Waals surface area contributed by atoms with E-state index in [1.807, 2.05) is 48.5 Å². The number of carbonyl (C=O) groups is 4. The zero-order valence-electron chi connectivity index (χ0n) is 68.7. The van der Waals surface area contributed by atoms with Crippen LogP contribution in [-0.2, 0) is 51.4 Å². The first-order valence-corrected chi connectivity index (χ1v) is 41.9. The Kier molecular flexibility index (Phi) is 24.1. The number of aromatic nitrogens is 1. The summed E-state index contributed by atoms with van der Waals surface area (Å²) in [4.78, 5) is 65.6. The van der Waals surface area contributed by atoms with Gasteiger partial charge in [0, 0.05) is 91.4 Å². The Morgan fingerprint density at radius 2 is 0.815 bits per heavy atom. The van der Waals surface area contributed by atoms with Crippen LogP contribution in [0.4, 0.5) is 0 Å². The lowest BCUT2D eigenvalue weighted by Gasteiger charge is -2.37. The number of ether oxygens (including phenoxy) is 11. The number of methoxy groups -OCH3 is 6. The number of nitrogens with zero attached hydrogens (tertiary/aromatic N) is 7. The molecule has 1 aromatic heterocycles. The van der Waals surface area contributed by atoms with Crippen LogP contribution in [0.25, 0.3) is 0 Å². The summed E-state index contributed by atoms with van der Waals surface area (Å²) in [5, 5.41) is 10.7. The number of carbonyl (C=O) groups excluding carboxylic acids is 4. The van der Waals surface area contributed by atoms with Gasteiger partial charge in [-0.3, -0.25) is 53.6 Å². The molecule has 12 bridgehead atoms. The van der Waals surface area contributed by atoms with E-state index in [0.29, 0.717) is 134 Å². The summed E-state index contributed by atoms with van der Waals surface area (Å²) in [6.07, 6.45) is 10.6. The molecule has 23 nitrogen and oxygen atoms in total. The maximum atomic E-state index is 12.9. The number of hydrogen-bond acceptors (Lipinski definition) is 21. The first-order chi connectivity index (χ1) is 57.8. The average Bonchev–Trinajstić information content (AvgIpc) is 1.71. The van der Waals surface area contributed by atoms with E-state index in [0.717, 1.165) is 109 Å². The second kappa shape index (κ2) is 35.3. The van der Waals surface area contributed by atoms with Crippen molar-refractivity contribution < 1.29 is 76.4 Å². The smallest absolute Gasteiger partial charge is 0.263 e. The van der Waals surface area contributed by atoms with Crippen molar-refractivity contribution in [3.8, 4) is 92.0 Å². The number of likely N-dealkylation sites (N-methyl/N-ethyl adjacent to an activating group) is 4. The van der Waals surface area contributed by atoms with Crippen molar-refractivity contribution in [2.75, 3.05) is 121 Å². The van der Waals surface area contributed by atoms with Gasteiger partial charge in [-0.1, -0.05) is 71.1 Å². The molecule has 0 radical (unpaired) electrons. The molecule has 9 aromatic carbocycles. The van der Waals surface area contributed by atoms with E-state index < -0.39 is 0 Å². The van der Waals surface area contributed by atoms with Gasteiger partial charge in [-0.05, 0) is 251 Å². The predicted octanol–water partition coefficient (Wildman–Crippen LogP) is 16.6. The molecular formula is C95H98IN7O16. The summed E-state index contributed by atoms with van der Waals surface area (Å²) in [5.41, 5.74) is 15.5. The zero-order chi connectivity index (χ0) is 82.9. The van der Waals surface area contributed by atoms with Crippen LogP contribution >= 0.6 is 22.6 Å². The summed E-state index contributed by atoms with van der Waals surface area (Å²) in [5.74, 6) is 8.30. The molecule has 4 atom stereocenters. The van der Waals surface area contributed by atoms with Crippen molar-refractivity contribution >= 4 is 46.2 Å². The molecule has 20 rings (SSSR count). The van der Waals surface area contributed by atoms with Gasteiger partial charge in [-0.2, -0.15) is 0 Å². The van der Waals surface area contributed by atoms with Gasteiger partial charge in [0.1, 0.15) is 11.5 Å². The Balaban J connectivity index is 0.000000154. The fourth-order valence-electron chi connectivity index (χ4n) is 17.7. The number of amides is 4. The molecule has 119 heavy (non-hydrogen) atoms. The van der Waals surface area contributed by atoms with Crippen molar-refractivity contribution in [1.82, 2.24) is 34.4 Å². The van der Waals surface area contributed by atoms with Gasteiger partial charge in [0.15, 0.2) is 69.0 Å². The Hall–Kier alpha value is -11.4. The maximum Gasteiger partial charge on any atom is 0.263 e. The third kappa shape index (κ3) is 16.3. The first kappa shape index (κ1) is 81.3. The normalized spacial score (nSPS) is 18.4. The van der Waals surface area contributed by atoms with Crippen molar-refractivity contribution in [3.05, 3.63) is 253 Å². The third-order valence-electron chi connectivity index (χ3n) is 24.2. The highest BCUT2D eigenvalue weighted by atomic mass is 127. The van der Waals surface area contributed by atoms with Gasteiger partial charge in [-0.15, -0.1) is 0 Å². The van der Waals surface area contributed by atoms with Crippen molar-refractivity contribution in [1.29, 1.82) is 0 Å². The molecule has 10 aliphatic heterocycles. The maximum absolute atomic E-state index is 12.9. The molecule has 0 fully saturated rings. The number of imide groups is 2. The minimum atomic E-state index is -0.331. The summed E-state index contributed by atoms with van der Waals surface area (Å²) < 4.78 is 70.1. The van der Waals surface area contributed by atoms with Crippen LogP contribution in [0.15, 0.2) is 164 Å². The Morgan fingerprint density at radius 3 is 1.29 bits per heavy atom. The number of phenolic OH excluding ortho intramolecular Hbond substituents is 1. The summed E-state index contributed by atoms with van der Waals surface area (Å²) in [7, 11) is 18.6. The molecule has 0 unspecified atom stereocenters. The summed E-state index contributed by atoms with van der Waals surface area (Å²) in [6, 6.07) is 49.5. The van der Waals surface area contributed by atoms with Crippen LogP contribution in [-0.4, -0.2) is 184 Å². The van der Waals surface area contributed by atoms with Crippen LogP contribution < -0.4 is 52.1 Å². The number of benzene rings is 9. The van der Waals surface area contributed by atoms with Crippen molar-refractivity contribution in [3.63, 3.8) is 0 Å². The van der Waals surface area contributed by atoms with Crippen LogP contribution in [0.5, 0.6) is 92.0 Å². The molecular weight excluding hydrogens is 1620 g/mol. The molecule has 0 aliphatic carbocycles. The molecule has 24 heteroatoms. The van der Waals surface area contributed by atoms with E-state index in [1.54, 1.807) is 79.1 Å². The molecule has 0 saturated heterocycles. The van der Waals surface area contributed by atoms with E-state index in [2.05, 4.69) is 142 Å². The van der Waals surface area contributed by atoms with E-state index in [9.17, 15) is 24.3 Å². The van der Waals surface area contributed by atoms with Crippen LogP contribution in [0, 0.1) is 0 Å². The SMILES string of the molecule is COc1cc2c3cc1Oc1c(OC)c(OC)cc4c1[C@@H](Cc1ccc(O)c(c1)Oc1ccc(cc1)C[C@@H]3N(C)CC2)N(C)CC4.COc1cc2c3cc1Oc1c(OC)c(OC)cc4c1[C@@H](Cc1ccc(OCCCN5C(=O)c6ccncc6C5=O)c(c1)Oc1ccc(cc1)C[C@@H]3N(C)CC2)N(C)CC4.O=C1c2ccccc2C(=O)N1CCCI. The molecule has 1 N–H and O–H groups in total. The highest BCUT2D eigenvalue weighted by molar-refractivity contribution is 14.1. The predicted molar refractivity (Wildman–Crippen MR) is 459 cm³/mol. The van der Waals surface area contributed by atoms with Crippen molar-refractivity contribution in [2.24, 2.45) is 0 Å².